The first-order valence-corrected chi connectivity index (χ1v) is 16.6. The largest absolute Gasteiger partial charge is 0.460 e. The van der Waals surface area contributed by atoms with Crippen LogP contribution in [0.4, 0.5) is 0 Å². The number of hydrogen-bond acceptors (Lipinski definition) is 8. The van der Waals surface area contributed by atoms with Gasteiger partial charge in [-0.05, 0) is 27.2 Å². The summed E-state index contributed by atoms with van der Waals surface area (Å²) in [6.45, 7) is 14.4. The highest BCUT2D eigenvalue weighted by molar-refractivity contribution is 5.69. The average Bonchev–Trinajstić information content (AvgIpc) is 2.92. The zero-order chi connectivity index (χ0) is 30.1. The molecule has 0 aliphatic rings. The molecule has 0 aliphatic carbocycles. The topological polar surface area (TPSA) is 81.7 Å². The predicted octanol–water partition coefficient (Wildman–Crippen LogP) is 7.30. The van der Waals surface area contributed by atoms with Crippen molar-refractivity contribution in [3.63, 3.8) is 0 Å². The molecule has 0 aromatic heterocycles. The Morgan fingerprint density at radius 1 is 0.415 bits per heavy atom. The first kappa shape index (κ1) is 40.2. The molecule has 0 bridgehead atoms. The first-order chi connectivity index (χ1) is 20.0. The Bertz CT molecular complexity index is 524. The Morgan fingerprint density at radius 3 is 1.05 bits per heavy atom. The lowest BCUT2D eigenvalue weighted by Crippen LogP contribution is -2.24. The Kier molecular flexibility index (Phi) is 31.5. The lowest BCUT2D eigenvalue weighted by molar-refractivity contribution is -0.156. The molecule has 0 N–H and O–H groups in total. The van der Waals surface area contributed by atoms with E-state index in [1.807, 2.05) is 20.8 Å². The summed E-state index contributed by atoms with van der Waals surface area (Å²) in [4.78, 5) is 11.6. The molecule has 0 saturated heterocycles. The highest BCUT2D eigenvalue weighted by atomic mass is 16.6. The van der Waals surface area contributed by atoms with E-state index in [4.69, 9.17) is 33.2 Å². The van der Waals surface area contributed by atoms with Gasteiger partial charge in [-0.25, -0.2) is 0 Å². The minimum Gasteiger partial charge on any atom is -0.460 e. The van der Waals surface area contributed by atoms with Gasteiger partial charge in [0.05, 0.1) is 79.1 Å². The summed E-state index contributed by atoms with van der Waals surface area (Å²) in [7, 11) is 0. The van der Waals surface area contributed by atoms with Crippen LogP contribution in [0.5, 0.6) is 0 Å². The van der Waals surface area contributed by atoms with Crippen LogP contribution < -0.4 is 0 Å². The molecule has 0 aromatic carbocycles. The van der Waals surface area contributed by atoms with Gasteiger partial charge in [0.2, 0.25) is 0 Å². The maximum absolute atomic E-state index is 11.6. The zero-order valence-electron chi connectivity index (χ0n) is 27.4. The third kappa shape index (κ3) is 37.2. The molecule has 0 atom stereocenters. The van der Waals surface area contributed by atoms with Crippen LogP contribution in [0.3, 0.4) is 0 Å². The summed E-state index contributed by atoms with van der Waals surface area (Å²) in [6, 6.07) is 0. The molecule has 0 aromatic rings. The third-order valence-electron chi connectivity index (χ3n) is 6.37. The van der Waals surface area contributed by atoms with E-state index in [1.54, 1.807) is 0 Å². The highest BCUT2D eigenvalue weighted by Gasteiger charge is 2.15. The third-order valence-corrected chi connectivity index (χ3v) is 6.37. The molecule has 0 spiro atoms. The van der Waals surface area contributed by atoms with Gasteiger partial charge in [-0.2, -0.15) is 0 Å². The van der Waals surface area contributed by atoms with Crippen molar-refractivity contribution in [1.29, 1.82) is 0 Å². The van der Waals surface area contributed by atoms with Crippen LogP contribution in [0, 0.1) is 0 Å². The van der Waals surface area contributed by atoms with Crippen molar-refractivity contribution in [3.05, 3.63) is 0 Å². The summed E-state index contributed by atoms with van der Waals surface area (Å²) in [5, 5.41) is 0. The second-order valence-electron chi connectivity index (χ2n) is 11.6. The Morgan fingerprint density at radius 2 is 0.707 bits per heavy atom. The SMILES string of the molecule is CCCCCCCCCCCCCCCCOCCOCCOCCOCCOCCOCCC(=O)OC(C)(C)C. The van der Waals surface area contributed by atoms with E-state index in [1.165, 1.54) is 83.5 Å². The second kappa shape index (κ2) is 32.2. The van der Waals surface area contributed by atoms with E-state index in [0.29, 0.717) is 72.7 Å². The molecular weight excluding hydrogens is 524 g/mol. The maximum atomic E-state index is 11.6. The van der Waals surface area contributed by atoms with Crippen molar-refractivity contribution in [1.82, 2.24) is 0 Å². The van der Waals surface area contributed by atoms with Crippen LogP contribution in [-0.2, 0) is 38.0 Å². The van der Waals surface area contributed by atoms with Crippen LogP contribution >= 0.6 is 0 Å². The van der Waals surface area contributed by atoms with Crippen molar-refractivity contribution >= 4 is 5.97 Å². The van der Waals surface area contributed by atoms with Crippen molar-refractivity contribution in [2.75, 3.05) is 79.3 Å². The molecule has 246 valence electrons. The number of hydrogen-bond donors (Lipinski definition) is 0. The first-order valence-electron chi connectivity index (χ1n) is 16.6. The fourth-order valence-electron chi connectivity index (χ4n) is 4.15. The lowest BCUT2D eigenvalue weighted by Gasteiger charge is -2.19. The van der Waals surface area contributed by atoms with Crippen molar-refractivity contribution < 1.29 is 38.0 Å². The number of carbonyl (C=O) groups is 1. The van der Waals surface area contributed by atoms with E-state index in [2.05, 4.69) is 6.92 Å². The minimum absolute atomic E-state index is 0.249. The molecule has 0 aliphatic heterocycles. The fraction of sp³-hybridized carbons (Fsp3) is 0.970. The average molecular weight is 591 g/mol. The molecule has 8 heteroatoms. The van der Waals surface area contributed by atoms with E-state index in [0.717, 1.165) is 13.0 Å². The Labute approximate surface area is 252 Å². The molecule has 0 unspecified atom stereocenters. The van der Waals surface area contributed by atoms with Gasteiger partial charge in [-0.3, -0.25) is 4.79 Å². The summed E-state index contributed by atoms with van der Waals surface area (Å²) < 4.78 is 38.2. The normalized spacial score (nSPS) is 11.8. The van der Waals surface area contributed by atoms with Gasteiger partial charge >= 0.3 is 5.97 Å². The monoisotopic (exact) mass is 590 g/mol. The number of unbranched alkanes of at least 4 members (excludes halogenated alkanes) is 13. The van der Waals surface area contributed by atoms with Gasteiger partial charge in [0, 0.05) is 6.61 Å². The van der Waals surface area contributed by atoms with Crippen molar-refractivity contribution in [3.8, 4) is 0 Å². The summed E-state index contributed by atoms with van der Waals surface area (Å²) in [5.74, 6) is -0.250. The molecule has 0 heterocycles. The molecule has 0 amide bonds. The van der Waals surface area contributed by atoms with Gasteiger partial charge in [0.1, 0.15) is 5.60 Å². The van der Waals surface area contributed by atoms with Crippen molar-refractivity contribution in [2.45, 2.75) is 130 Å². The van der Waals surface area contributed by atoms with Gasteiger partial charge in [-0.15, -0.1) is 0 Å². The van der Waals surface area contributed by atoms with Gasteiger partial charge < -0.3 is 33.2 Å². The number of ether oxygens (including phenoxy) is 7. The van der Waals surface area contributed by atoms with Crippen LogP contribution in [0.25, 0.3) is 0 Å². The molecule has 8 nitrogen and oxygen atoms in total. The smallest absolute Gasteiger partial charge is 0.308 e. The predicted molar refractivity (Wildman–Crippen MR) is 166 cm³/mol. The number of carbonyl (C=O) groups excluding carboxylic acids is 1. The second-order valence-corrected chi connectivity index (χ2v) is 11.6. The molecule has 41 heavy (non-hydrogen) atoms. The minimum atomic E-state index is -0.459. The summed E-state index contributed by atoms with van der Waals surface area (Å²) >= 11 is 0. The van der Waals surface area contributed by atoms with Crippen LogP contribution in [0.2, 0.25) is 0 Å². The van der Waals surface area contributed by atoms with Crippen LogP contribution in [0.15, 0.2) is 0 Å². The van der Waals surface area contributed by atoms with E-state index in [-0.39, 0.29) is 12.4 Å². The maximum Gasteiger partial charge on any atom is 0.308 e. The highest BCUT2D eigenvalue weighted by Crippen LogP contribution is 2.13. The summed E-state index contributed by atoms with van der Waals surface area (Å²) in [6.07, 6.45) is 19.5. The number of esters is 1. The number of rotatable bonds is 33. The molecular formula is C33H66O8. The lowest BCUT2D eigenvalue weighted by atomic mass is 10.0. The van der Waals surface area contributed by atoms with Crippen LogP contribution in [-0.4, -0.2) is 90.9 Å². The quantitative estimate of drug-likeness (QED) is 0.0582. The standard InChI is InChI=1S/C33H66O8/c1-5-6-7-8-9-10-11-12-13-14-15-16-17-18-20-35-22-24-37-26-28-39-30-31-40-29-27-38-25-23-36-21-19-32(34)41-33(2,3)4/h5-31H2,1-4H3. The van der Waals surface area contributed by atoms with Crippen molar-refractivity contribution in [2.24, 2.45) is 0 Å². The van der Waals surface area contributed by atoms with Gasteiger partial charge in [0.15, 0.2) is 0 Å². The molecule has 0 fully saturated rings. The molecule has 0 rings (SSSR count). The van der Waals surface area contributed by atoms with Gasteiger partial charge in [0.25, 0.3) is 0 Å². The van der Waals surface area contributed by atoms with E-state index in [9.17, 15) is 4.79 Å². The van der Waals surface area contributed by atoms with E-state index >= 15 is 0 Å². The van der Waals surface area contributed by atoms with E-state index < -0.39 is 5.60 Å². The summed E-state index contributed by atoms with van der Waals surface area (Å²) in [5.41, 5.74) is -0.459. The van der Waals surface area contributed by atoms with Gasteiger partial charge in [-0.1, -0.05) is 90.4 Å². The fourth-order valence-corrected chi connectivity index (χ4v) is 4.15. The zero-order valence-corrected chi connectivity index (χ0v) is 27.4. The molecule has 0 radical (unpaired) electrons. The Hall–Kier alpha value is -0.770. The Balaban J connectivity index is 3.09. The molecule has 0 saturated carbocycles. The van der Waals surface area contributed by atoms with Crippen LogP contribution in [0.1, 0.15) is 124 Å².